The fourth-order valence-electron chi connectivity index (χ4n) is 3.74. The van der Waals surface area contributed by atoms with Gasteiger partial charge in [0.15, 0.2) is 0 Å². The standard InChI is InChI=1S/C26H26N2O3S/c1-18(20-12-14-23(31-2)15-13-20)27-25(30)21-8-10-22(11-9-21)26-28(24(29)17-32-26)16-19-6-4-3-5-7-19/h3-15,18,26H,16-17H2,1-2H3,(H,27,30). The van der Waals surface area contributed by atoms with Crippen molar-refractivity contribution in [3.05, 3.63) is 101 Å². The normalized spacial score (nSPS) is 16.6. The van der Waals surface area contributed by atoms with Gasteiger partial charge in [0.25, 0.3) is 5.91 Å². The molecule has 0 radical (unpaired) electrons. The van der Waals surface area contributed by atoms with Crippen molar-refractivity contribution in [1.29, 1.82) is 0 Å². The van der Waals surface area contributed by atoms with Crippen LogP contribution in [0, 0.1) is 0 Å². The molecule has 3 aromatic rings. The number of carbonyl (C=O) groups is 2. The van der Waals surface area contributed by atoms with Gasteiger partial charge in [-0.1, -0.05) is 54.6 Å². The Morgan fingerprint density at radius 3 is 2.41 bits per heavy atom. The number of hydrogen-bond donors (Lipinski definition) is 1. The number of nitrogens with one attached hydrogen (secondary N) is 1. The molecule has 32 heavy (non-hydrogen) atoms. The summed E-state index contributed by atoms with van der Waals surface area (Å²) in [5.41, 5.74) is 3.74. The third-order valence-electron chi connectivity index (χ3n) is 5.59. The largest absolute Gasteiger partial charge is 0.497 e. The van der Waals surface area contributed by atoms with Crippen molar-refractivity contribution < 1.29 is 14.3 Å². The first-order chi connectivity index (χ1) is 15.5. The first kappa shape index (κ1) is 22.0. The Kier molecular flexibility index (Phi) is 6.81. The van der Waals surface area contributed by atoms with Crippen molar-refractivity contribution in [2.24, 2.45) is 0 Å². The van der Waals surface area contributed by atoms with Gasteiger partial charge in [-0.2, -0.15) is 0 Å². The van der Waals surface area contributed by atoms with E-state index in [0.717, 1.165) is 22.4 Å². The number of nitrogens with zero attached hydrogens (tertiary/aromatic N) is 1. The molecule has 0 bridgehead atoms. The lowest BCUT2D eigenvalue weighted by atomic mass is 10.1. The minimum atomic E-state index is -0.129. The van der Waals surface area contributed by atoms with E-state index in [1.807, 2.05) is 90.7 Å². The minimum absolute atomic E-state index is 0.0435. The summed E-state index contributed by atoms with van der Waals surface area (Å²) in [4.78, 5) is 27.1. The zero-order valence-corrected chi connectivity index (χ0v) is 19.0. The van der Waals surface area contributed by atoms with Crippen LogP contribution in [-0.4, -0.2) is 29.6 Å². The number of benzene rings is 3. The highest BCUT2D eigenvalue weighted by molar-refractivity contribution is 8.00. The number of amides is 2. The van der Waals surface area contributed by atoms with Gasteiger partial charge in [-0.3, -0.25) is 9.59 Å². The van der Waals surface area contributed by atoms with Crippen LogP contribution in [0.1, 0.15) is 45.4 Å². The third kappa shape index (κ3) is 4.97. The highest BCUT2D eigenvalue weighted by atomic mass is 32.2. The number of methoxy groups -OCH3 is 1. The molecule has 1 fully saturated rings. The monoisotopic (exact) mass is 446 g/mol. The van der Waals surface area contributed by atoms with Crippen molar-refractivity contribution >= 4 is 23.6 Å². The maximum Gasteiger partial charge on any atom is 0.251 e. The molecule has 1 aliphatic rings. The van der Waals surface area contributed by atoms with Gasteiger partial charge in [0, 0.05) is 12.1 Å². The van der Waals surface area contributed by atoms with Crippen LogP contribution in [0.5, 0.6) is 5.75 Å². The van der Waals surface area contributed by atoms with Crippen LogP contribution in [0.2, 0.25) is 0 Å². The number of ether oxygens (including phenoxy) is 1. The Labute approximate surface area is 192 Å². The topological polar surface area (TPSA) is 58.6 Å². The van der Waals surface area contributed by atoms with E-state index in [1.165, 1.54) is 0 Å². The molecule has 2 atom stereocenters. The number of thioether (sulfide) groups is 1. The zero-order valence-electron chi connectivity index (χ0n) is 18.2. The Bertz CT molecular complexity index is 1070. The second-order valence-corrected chi connectivity index (χ2v) is 8.83. The molecule has 1 N–H and O–H groups in total. The SMILES string of the molecule is COc1ccc(C(C)NC(=O)c2ccc(C3SCC(=O)N3Cc3ccccc3)cc2)cc1. The smallest absolute Gasteiger partial charge is 0.251 e. The summed E-state index contributed by atoms with van der Waals surface area (Å²) < 4.78 is 5.19. The fourth-order valence-corrected chi connectivity index (χ4v) is 4.92. The first-order valence-corrected chi connectivity index (χ1v) is 11.6. The van der Waals surface area contributed by atoms with Gasteiger partial charge in [-0.25, -0.2) is 0 Å². The average Bonchev–Trinajstić information content (AvgIpc) is 3.19. The summed E-state index contributed by atoms with van der Waals surface area (Å²) in [7, 11) is 1.63. The lowest BCUT2D eigenvalue weighted by molar-refractivity contribution is -0.128. The second kappa shape index (κ2) is 9.92. The van der Waals surface area contributed by atoms with Crippen molar-refractivity contribution in [2.45, 2.75) is 24.9 Å². The molecule has 1 heterocycles. The highest BCUT2D eigenvalue weighted by Crippen LogP contribution is 2.39. The highest BCUT2D eigenvalue weighted by Gasteiger charge is 2.32. The second-order valence-electron chi connectivity index (χ2n) is 7.76. The van der Waals surface area contributed by atoms with Crippen LogP contribution >= 0.6 is 11.8 Å². The van der Waals surface area contributed by atoms with Crippen LogP contribution in [0.4, 0.5) is 0 Å². The van der Waals surface area contributed by atoms with Gasteiger partial charge in [0.1, 0.15) is 11.1 Å². The summed E-state index contributed by atoms with van der Waals surface area (Å²) in [6.07, 6.45) is 0. The van der Waals surface area contributed by atoms with Gasteiger partial charge >= 0.3 is 0 Å². The molecule has 1 saturated heterocycles. The van der Waals surface area contributed by atoms with Crippen molar-refractivity contribution in [2.75, 3.05) is 12.9 Å². The zero-order chi connectivity index (χ0) is 22.5. The molecule has 6 heteroatoms. The Morgan fingerprint density at radius 1 is 1.06 bits per heavy atom. The average molecular weight is 447 g/mol. The van der Waals surface area contributed by atoms with E-state index in [-0.39, 0.29) is 23.2 Å². The van der Waals surface area contributed by atoms with Crippen molar-refractivity contribution in [3.8, 4) is 5.75 Å². The fraction of sp³-hybridized carbons (Fsp3) is 0.231. The molecule has 3 aromatic carbocycles. The Hall–Kier alpha value is -3.25. The number of carbonyl (C=O) groups excluding carboxylic acids is 2. The molecule has 5 nitrogen and oxygen atoms in total. The molecule has 4 rings (SSSR count). The van der Waals surface area contributed by atoms with Crippen molar-refractivity contribution in [3.63, 3.8) is 0 Å². The van der Waals surface area contributed by atoms with Gasteiger partial charge < -0.3 is 15.0 Å². The maximum atomic E-state index is 12.7. The van der Waals surface area contributed by atoms with E-state index in [1.54, 1.807) is 18.9 Å². The number of rotatable bonds is 7. The molecular weight excluding hydrogens is 420 g/mol. The third-order valence-corrected chi connectivity index (χ3v) is 6.84. The lowest BCUT2D eigenvalue weighted by Crippen LogP contribution is -2.28. The van der Waals surface area contributed by atoms with Crippen LogP contribution in [0.15, 0.2) is 78.9 Å². The van der Waals surface area contributed by atoms with Crippen LogP contribution < -0.4 is 10.1 Å². The van der Waals surface area contributed by atoms with E-state index >= 15 is 0 Å². The van der Waals surface area contributed by atoms with E-state index < -0.39 is 0 Å². The predicted molar refractivity (Wildman–Crippen MR) is 128 cm³/mol. The number of hydrogen-bond acceptors (Lipinski definition) is 4. The summed E-state index contributed by atoms with van der Waals surface area (Å²) in [5, 5.41) is 2.99. The van der Waals surface area contributed by atoms with E-state index in [2.05, 4.69) is 5.32 Å². The Balaban J connectivity index is 1.42. The molecule has 164 valence electrons. The van der Waals surface area contributed by atoms with Crippen LogP contribution in [0.25, 0.3) is 0 Å². The predicted octanol–water partition coefficient (Wildman–Crippen LogP) is 4.96. The first-order valence-electron chi connectivity index (χ1n) is 10.5. The molecule has 2 unspecified atom stereocenters. The van der Waals surface area contributed by atoms with E-state index in [0.29, 0.717) is 17.9 Å². The van der Waals surface area contributed by atoms with Crippen molar-refractivity contribution in [1.82, 2.24) is 10.2 Å². The van der Waals surface area contributed by atoms with Crippen LogP contribution in [0.3, 0.4) is 0 Å². The maximum absolute atomic E-state index is 12.7. The van der Waals surface area contributed by atoms with Gasteiger partial charge in [0.05, 0.1) is 18.9 Å². The van der Waals surface area contributed by atoms with Gasteiger partial charge in [-0.15, -0.1) is 11.8 Å². The van der Waals surface area contributed by atoms with Gasteiger partial charge in [-0.05, 0) is 47.9 Å². The molecule has 0 aliphatic carbocycles. The van der Waals surface area contributed by atoms with Crippen LogP contribution in [-0.2, 0) is 11.3 Å². The molecule has 0 saturated carbocycles. The molecule has 1 aliphatic heterocycles. The van der Waals surface area contributed by atoms with E-state index in [4.69, 9.17) is 4.74 Å². The summed E-state index contributed by atoms with van der Waals surface area (Å²) >= 11 is 1.62. The minimum Gasteiger partial charge on any atom is -0.497 e. The summed E-state index contributed by atoms with van der Waals surface area (Å²) in [6, 6.07) is 25.1. The molecule has 0 spiro atoms. The van der Waals surface area contributed by atoms with Gasteiger partial charge in [0.2, 0.25) is 5.91 Å². The lowest BCUT2D eigenvalue weighted by Gasteiger charge is -2.24. The summed E-state index contributed by atoms with van der Waals surface area (Å²) in [6.45, 7) is 2.54. The Morgan fingerprint density at radius 2 is 1.75 bits per heavy atom. The summed E-state index contributed by atoms with van der Waals surface area (Å²) in [5.74, 6) is 1.27. The molecule has 0 aromatic heterocycles. The quantitative estimate of drug-likeness (QED) is 0.557. The van der Waals surface area contributed by atoms with E-state index in [9.17, 15) is 9.59 Å². The molecular formula is C26H26N2O3S. The molecule has 2 amide bonds.